The summed E-state index contributed by atoms with van der Waals surface area (Å²) in [5, 5.41) is 9.03. The predicted octanol–water partition coefficient (Wildman–Crippen LogP) is 4.16. The maximum Gasteiger partial charge on any atom is 0.254 e. The van der Waals surface area contributed by atoms with Crippen LogP contribution in [0.15, 0.2) is 73.3 Å². The van der Waals surface area contributed by atoms with Gasteiger partial charge in [0.05, 0.1) is 24.8 Å². The van der Waals surface area contributed by atoms with Gasteiger partial charge in [-0.05, 0) is 55.0 Å². The lowest BCUT2D eigenvalue weighted by Crippen LogP contribution is -2.45. The zero-order valence-corrected chi connectivity index (χ0v) is 20.4. The third kappa shape index (κ3) is 4.66. The average molecular weight is 484 g/mol. The molecule has 8 nitrogen and oxygen atoms in total. The van der Waals surface area contributed by atoms with E-state index in [1.54, 1.807) is 23.0 Å². The number of ether oxygens (including phenoxy) is 1. The third-order valence-electron chi connectivity index (χ3n) is 6.85. The molecule has 0 aliphatic carbocycles. The van der Waals surface area contributed by atoms with Crippen LogP contribution in [0.5, 0.6) is 5.75 Å². The number of aromatic nitrogens is 3. The van der Waals surface area contributed by atoms with Crippen molar-refractivity contribution in [2.24, 2.45) is 5.92 Å². The summed E-state index contributed by atoms with van der Waals surface area (Å²) in [4.78, 5) is 32.4. The Bertz CT molecular complexity index is 1370. The van der Waals surface area contributed by atoms with Crippen molar-refractivity contribution in [2.45, 2.75) is 25.8 Å². The minimum Gasteiger partial charge on any atom is -0.496 e. The van der Waals surface area contributed by atoms with E-state index >= 15 is 0 Å². The minimum absolute atomic E-state index is 0.0278. The molecule has 0 bridgehead atoms. The highest BCUT2D eigenvalue weighted by Gasteiger charge is 2.30. The minimum atomic E-state index is -0.246. The first kappa shape index (κ1) is 23.5. The van der Waals surface area contributed by atoms with Crippen molar-refractivity contribution in [3.05, 3.63) is 84.4 Å². The molecule has 1 N–H and O–H groups in total. The largest absolute Gasteiger partial charge is 0.496 e. The zero-order valence-electron chi connectivity index (χ0n) is 20.4. The van der Waals surface area contributed by atoms with E-state index in [0.717, 1.165) is 40.6 Å². The van der Waals surface area contributed by atoms with Gasteiger partial charge in [0.2, 0.25) is 5.91 Å². The molecule has 0 radical (unpaired) electrons. The number of likely N-dealkylation sites (tertiary alicyclic amines) is 1. The zero-order chi connectivity index (χ0) is 25.1. The van der Waals surface area contributed by atoms with Gasteiger partial charge in [-0.3, -0.25) is 9.59 Å². The van der Waals surface area contributed by atoms with Crippen molar-refractivity contribution < 1.29 is 14.3 Å². The van der Waals surface area contributed by atoms with Crippen LogP contribution in [0.3, 0.4) is 0 Å². The fourth-order valence-corrected chi connectivity index (χ4v) is 4.85. The number of amides is 2. The van der Waals surface area contributed by atoms with E-state index < -0.39 is 0 Å². The monoisotopic (exact) mass is 483 g/mol. The molecule has 1 aliphatic heterocycles. The Morgan fingerprint density at radius 1 is 1.06 bits per heavy atom. The van der Waals surface area contributed by atoms with E-state index in [-0.39, 0.29) is 23.8 Å². The first-order valence-electron chi connectivity index (χ1n) is 12.2. The number of carbonyl (C=O) groups is 2. The number of fused-ring (bicyclic) bond motifs is 1. The van der Waals surface area contributed by atoms with Gasteiger partial charge in [-0.15, -0.1) is 0 Å². The number of carbonyl (C=O) groups excluding carboxylic acids is 2. The summed E-state index contributed by atoms with van der Waals surface area (Å²) < 4.78 is 7.16. The number of nitrogens with zero attached hydrogens (tertiary/aromatic N) is 4. The van der Waals surface area contributed by atoms with Gasteiger partial charge in [0, 0.05) is 24.0 Å². The van der Waals surface area contributed by atoms with Crippen LogP contribution in [-0.2, 0) is 4.79 Å². The van der Waals surface area contributed by atoms with Gasteiger partial charge in [-0.25, -0.2) is 9.67 Å². The highest BCUT2D eigenvalue weighted by molar-refractivity contribution is 6.08. The Balaban J connectivity index is 1.26. The molecule has 1 aliphatic rings. The quantitative estimate of drug-likeness (QED) is 0.445. The van der Waals surface area contributed by atoms with Gasteiger partial charge >= 0.3 is 0 Å². The van der Waals surface area contributed by atoms with E-state index in [1.807, 2.05) is 67.6 Å². The lowest BCUT2D eigenvalue weighted by atomic mass is 9.95. The second-order valence-corrected chi connectivity index (χ2v) is 9.11. The van der Waals surface area contributed by atoms with Crippen molar-refractivity contribution in [1.82, 2.24) is 25.0 Å². The average Bonchev–Trinajstić information content (AvgIpc) is 3.47. The normalized spacial score (nSPS) is 16.5. The number of nitrogens with one attached hydrogen (secondary N) is 1. The second-order valence-electron chi connectivity index (χ2n) is 9.11. The molecule has 8 heteroatoms. The fourth-order valence-electron chi connectivity index (χ4n) is 4.85. The molecule has 0 spiro atoms. The lowest BCUT2D eigenvalue weighted by molar-refractivity contribution is -0.127. The molecule has 36 heavy (non-hydrogen) atoms. The van der Waals surface area contributed by atoms with E-state index in [0.29, 0.717) is 18.7 Å². The number of benzene rings is 3. The van der Waals surface area contributed by atoms with Crippen molar-refractivity contribution in [1.29, 1.82) is 0 Å². The van der Waals surface area contributed by atoms with Crippen LogP contribution in [0, 0.1) is 5.92 Å². The molecule has 2 atom stereocenters. The van der Waals surface area contributed by atoms with E-state index in [9.17, 15) is 9.59 Å². The van der Waals surface area contributed by atoms with Gasteiger partial charge in [0.25, 0.3) is 5.91 Å². The predicted molar refractivity (Wildman–Crippen MR) is 137 cm³/mol. The molecule has 3 aromatic carbocycles. The highest BCUT2D eigenvalue weighted by Crippen LogP contribution is 2.30. The molecular formula is C28H29N5O3. The SMILES string of the molecule is COc1ccc(C(=O)N2CCCC(C(=O)NC(C)c3ccc(-n4cncn4)cc3)C2)c2ccccc12. The van der Waals surface area contributed by atoms with Crippen LogP contribution in [0.1, 0.15) is 41.7 Å². The summed E-state index contributed by atoms with van der Waals surface area (Å²) in [5.41, 5.74) is 2.54. The van der Waals surface area contributed by atoms with Crippen LogP contribution >= 0.6 is 0 Å². The van der Waals surface area contributed by atoms with E-state index in [1.165, 1.54) is 6.33 Å². The van der Waals surface area contributed by atoms with Crippen molar-refractivity contribution >= 4 is 22.6 Å². The molecule has 1 fully saturated rings. The lowest BCUT2D eigenvalue weighted by Gasteiger charge is -2.33. The molecule has 2 heterocycles. The Labute approximate surface area is 209 Å². The summed E-state index contributed by atoms with van der Waals surface area (Å²) in [5.74, 6) is 0.411. The summed E-state index contributed by atoms with van der Waals surface area (Å²) in [7, 11) is 1.63. The maximum absolute atomic E-state index is 13.5. The smallest absolute Gasteiger partial charge is 0.254 e. The highest BCUT2D eigenvalue weighted by atomic mass is 16.5. The maximum atomic E-state index is 13.5. The van der Waals surface area contributed by atoms with Crippen LogP contribution in [-0.4, -0.2) is 51.7 Å². The summed E-state index contributed by atoms with van der Waals surface area (Å²) >= 11 is 0. The van der Waals surface area contributed by atoms with Crippen LogP contribution < -0.4 is 10.1 Å². The number of rotatable bonds is 6. The number of methoxy groups -OCH3 is 1. The number of hydrogen-bond acceptors (Lipinski definition) is 5. The topological polar surface area (TPSA) is 89.4 Å². The second kappa shape index (κ2) is 10.2. The molecule has 2 amide bonds. The summed E-state index contributed by atoms with van der Waals surface area (Å²) in [6.07, 6.45) is 4.69. The van der Waals surface area contributed by atoms with E-state index in [2.05, 4.69) is 15.4 Å². The van der Waals surface area contributed by atoms with Crippen LogP contribution in [0.2, 0.25) is 0 Å². The molecule has 184 valence electrons. The van der Waals surface area contributed by atoms with Gasteiger partial charge in [-0.2, -0.15) is 5.10 Å². The Morgan fingerprint density at radius 3 is 2.56 bits per heavy atom. The Morgan fingerprint density at radius 2 is 1.83 bits per heavy atom. The molecule has 2 unspecified atom stereocenters. The first-order valence-corrected chi connectivity index (χ1v) is 12.2. The molecule has 4 aromatic rings. The molecule has 5 rings (SSSR count). The van der Waals surface area contributed by atoms with Gasteiger partial charge < -0.3 is 15.0 Å². The molecule has 0 saturated carbocycles. The van der Waals surface area contributed by atoms with Crippen molar-refractivity contribution in [2.75, 3.05) is 20.2 Å². The van der Waals surface area contributed by atoms with Crippen molar-refractivity contribution in [3.8, 4) is 11.4 Å². The van der Waals surface area contributed by atoms with Crippen LogP contribution in [0.25, 0.3) is 16.5 Å². The number of piperidine rings is 1. The van der Waals surface area contributed by atoms with Gasteiger partial charge in [0.1, 0.15) is 18.4 Å². The Hall–Kier alpha value is -4.20. The third-order valence-corrected chi connectivity index (χ3v) is 6.85. The molecule has 1 aromatic heterocycles. The summed E-state index contributed by atoms with van der Waals surface area (Å²) in [6.45, 7) is 3.02. The standard InChI is InChI=1S/C28H29N5O3/c1-19(20-9-11-22(12-10-20)33-18-29-17-30-33)31-27(34)21-6-5-15-32(16-21)28(35)25-13-14-26(36-2)24-8-4-3-7-23(24)25/h3-4,7-14,17-19,21H,5-6,15-16H2,1-2H3,(H,31,34). The fraction of sp³-hybridized carbons (Fsp3) is 0.286. The van der Waals surface area contributed by atoms with E-state index in [4.69, 9.17) is 4.74 Å². The molecular weight excluding hydrogens is 454 g/mol. The van der Waals surface area contributed by atoms with Crippen LogP contribution in [0.4, 0.5) is 0 Å². The number of hydrogen-bond donors (Lipinski definition) is 1. The molecule has 1 saturated heterocycles. The summed E-state index contributed by atoms with van der Waals surface area (Å²) in [6, 6.07) is 19.1. The van der Waals surface area contributed by atoms with Gasteiger partial charge in [-0.1, -0.05) is 36.4 Å². The first-order chi connectivity index (χ1) is 17.5. The van der Waals surface area contributed by atoms with Gasteiger partial charge in [0.15, 0.2) is 0 Å². The Kier molecular flexibility index (Phi) is 6.66. The van der Waals surface area contributed by atoms with Crippen molar-refractivity contribution in [3.63, 3.8) is 0 Å².